The molecule has 0 radical (unpaired) electrons. The van der Waals surface area contributed by atoms with Gasteiger partial charge in [0.25, 0.3) is 5.91 Å². The first kappa shape index (κ1) is 19.9. The predicted octanol–water partition coefficient (Wildman–Crippen LogP) is 3.22. The van der Waals surface area contributed by atoms with Crippen molar-refractivity contribution in [2.45, 2.75) is 12.5 Å². The fourth-order valence-electron chi connectivity index (χ4n) is 3.83. The average Bonchev–Trinajstić information content (AvgIpc) is 2.75. The normalized spacial score (nSPS) is 14.2. The second-order valence-electron chi connectivity index (χ2n) is 7.45. The summed E-state index contributed by atoms with van der Waals surface area (Å²) in [5.41, 5.74) is 9.67. The lowest BCUT2D eigenvalue weighted by molar-refractivity contribution is -0.119. The first-order valence-corrected chi connectivity index (χ1v) is 9.93. The molecule has 2 heterocycles. The zero-order valence-corrected chi connectivity index (χ0v) is 17.0. The molecular formula is C24H25N3O3. The Labute approximate surface area is 176 Å². The van der Waals surface area contributed by atoms with Crippen LogP contribution in [0.25, 0.3) is 11.1 Å². The fourth-order valence-corrected chi connectivity index (χ4v) is 3.83. The van der Waals surface area contributed by atoms with Crippen molar-refractivity contribution in [3.63, 3.8) is 0 Å². The molecule has 6 nitrogen and oxygen atoms in total. The smallest absolute Gasteiger partial charge is 0.255 e. The van der Waals surface area contributed by atoms with Crippen LogP contribution in [0.4, 0.5) is 0 Å². The van der Waals surface area contributed by atoms with Gasteiger partial charge in [-0.2, -0.15) is 0 Å². The highest BCUT2D eigenvalue weighted by Gasteiger charge is 2.28. The molecule has 1 aliphatic heterocycles. The quantitative estimate of drug-likeness (QED) is 0.625. The number of hydrogen-bond acceptors (Lipinski definition) is 5. The van der Waals surface area contributed by atoms with Crippen molar-refractivity contribution in [3.8, 4) is 22.6 Å². The fraction of sp³-hybridized carbons (Fsp3) is 0.250. The van der Waals surface area contributed by atoms with Gasteiger partial charge in [0.05, 0.1) is 7.11 Å². The number of ether oxygens (including phenoxy) is 2. The van der Waals surface area contributed by atoms with E-state index in [9.17, 15) is 4.79 Å². The molecule has 6 heteroatoms. The van der Waals surface area contributed by atoms with Gasteiger partial charge in [-0.25, -0.2) is 0 Å². The zero-order valence-electron chi connectivity index (χ0n) is 17.0. The van der Waals surface area contributed by atoms with Crippen LogP contribution in [0.2, 0.25) is 0 Å². The molecule has 0 spiro atoms. The van der Waals surface area contributed by atoms with Gasteiger partial charge < -0.3 is 15.2 Å². The number of rotatable bonds is 8. The second-order valence-corrected chi connectivity index (χ2v) is 7.45. The number of carbonyl (C=O) groups is 1. The Morgan fingerprint density at radius 2 is 1.87 bits per heavy atom. The monoisotopic (exact) mass is 403 g/mol. The lowest BCUT2D eigenvalue weighted by atomic mass is 9.91. The minimum absolute atomic E-state index is 0.138. The summed E-state index contributed by atoms with van der Waals surface area (Å²) in [6.45, 7) is 2.54. The van der Waals surface area contributed by atoms with E-state index in [0.717, 1.165) is 42.1 Å². The standard InChI is InChI=1S/C24H25N3O3/c1-29-23-5-3-2-4-21(23)18-6-7-22(30-16-24(25)28)19(12-18)13-27-14-20(15-27)17-8-10-26-11-9-17/h2-12,20H,13-16H2,1H3,(H2,25,28). The van der Waals surface area contributed by atoms with Crippen molar-refractivity contribution in [1.29, 1.82) is 0 Å². The van der Waals surface area contributed by atoms with Crippen LogP contribution < -0.4 is 15.2 Å². The number of carbonyl (C=O) groups excluding carboxylic acids is 1. The van der Waals surface area contributed by atoms with E-state index < -0.39 is 5.91 Å². The molecule has 2 aromatic carbocycles. The van der Waals surface area contributed by atoms with Crippen molar-refractivity contribution < 1.29 is 14.3 Å². The van der Waals surface area contributed by atoms with E-state index in [1.54, 1.807) is 7.11 Å². The molecule has 0 bridgehead atoms. The summed E-state index contributed by atoms with van der Waals surface area (Å²) >= 11 is 0. The van der Waals surface area contributed by atoms with E-state index in [2.05, 4.69) is 28.1 Å². The summed E-state index contributed by atoms with van der Waals surface area (Å²) in [5, 5.41) is 0. The molecule has 4 rings (SSSR count). The molecule has 3 aromatic rings. The number of amides is 1. The third kappa shape index (κ3) is 4.44. The Bertz CT molecular complexity index is 1020. The highest BCUT2D eigenvalue weighted by molar-refractivity contribution is 5.76. The minimum Gasteiger partial charge on any atom is -0.496 e. The third-order valence-corrected chi connectivity index (χ3v) is 5.38. The highest BCUT2D eigenvalue weighted by atomic mass is 16.5. The maximum Gasteiger partial charge on any atom is 0.255 e. The number of likely N-dealkylation sites (tertiary alicyclic amines) is 1. The molecule has 1 aliphatic rings. The van der Waals surface area contributed by atoms with Gasteiger partial charge >= 0.3 is 0 Å². The van der Waals surface area contributed by atoms with E-state index in [1.807, 2.05) is 48.8 Å². The van der Waals surface area contributed by atoms with Gasteiger partial charge in [0.2, 0.25) is 0 Å². The molecule has 1 amide bonds. The molecule has 1 aromatic heterocycles. The van der Waals surface area contributed by atoms with Crippen LogP contribution in [0.1, 0.15) is 17.0 Å². The van der Waals surface area contributed by atoms with Crippen molar-refractivity contribution in [1.82, 2.24) is 9.88 Å². The van der Waals surface area contributed by atoms with Crippen LogP contribution in [0.3, 0.4) is 0 Å². The first-order chi connectivity index (χ1) is 14.6. The van der Waals surface area contributed by atoms with Crippen molar-refractivity contribution in [2.75, 3.05) is 26.8 Å². The minimum atomic E-state index is -0.489. The molecule has 0 saturated carbocycles. The molecule has 1 saturated heterocycles. The molecule has 0 aliphatic carbocycles. The number of pyridine rings is 1. The number of methoxy groups -OCH3 is 1. The Morgan fingerprint density at radius 3 is 2.60 bits per heavy atom. The van der Waals surface area contributed by atoms with Gasteiger partial charge in [-0.05, 0) is 41.5 Å². The maximum atomic E-state index is 11.2. The summed E-state index contributed by atoms with van der Waals surface area (Å²) in [6.07, 6.45) is 3.68. The molecular weight excluding hydrogens is 378 g/mol. The van der Waals surface area contributed by atoms with Crippen LogP contribution in [0.5, 0.6) is 11.5 Å². The van der Waals surface area contributed by atoms with Gasteiger partial charge in [-0.15, -0.1) is 0 Å². The average molecular weight is 403 g/mol. The van der Waals surface area contributed by atoms with Gasteiger partial charge in [-0.3, -0.25) is 14.7 Å². The highest BCUT2D eigenvalue weighted by Crippen LogP contribution is 2.35. The van der Waals surface area contributed by atoms with E-state index in [-0.39, 0.29) is 6.61 Å². The van der Waals surface area contributed by atoms with Crippen molar-refractivity contribution >= 4 is 5.91 Å². The van der Waals surface area contributed by atoms with Gasteiger partial charge in [-0.1, -0.05) is 24.3 Å². The van der Waals surface area contributed by atoms with Gasteiger partial charge in [0.1, 0.15) is 11.5 Å². The van der Waals surface area contributed by atoms with Crippen LogP contribution in [-0.4, -0.2) is 42.6 Å². The van der Waals surface area contributed by atoms with E-state index in [0.29, 0.717) is 11.7 Å². The van der Waals surface area contributed by atoms with Crippen molar-refractivity contribution in [3.05, 3.63) is 78.1 Å². The summed E-state index contributed by atoms with van der Waals surface area (Å²) in [4.78, 5) is 17.7. The second kappa shape index (κ2) is 8.97. The number of benzene rings is 2. The molecule has 0 unspecified atom stereocenters. The molecule has 1 fully saturated rings. The third-order valence-electron chi connectivity index (χ3n) is 5.38. The first-order valence-electron chi connectivity index (χ1n) is 9.93. The number of primary amides is 1. The number of nitrogens with two attached hydrogens (primary N) is 1. The number of para-hydroxylation sites is 1. The van der Waals surface area contributed by atoms with Crippen LogP contribution in [-0.2, 0) is 11.3 Å². The largest absolute Gasteiger partial charge is 0.496 e. The van der Waals surface area contributed by atoms with E-state index >= 15 is 0 Å². The van der Waals surface area contributed by atoms with Crippen LogP contribution in [0, 0.1) is 0 Å². The Balaban J connectivity index is 1.55. The Kier molecular flexibility index (Phi) is 5.95. The summed E-state index contributed by atoms with van der Waals surface area (Å²) in [6, 6.07) is 18.1. The van der Waals surface area contributed by atoms with Crippen molar-refractivity contribution in [2.24, 2.45) is 5.73 Å². The van der Waals surface area contributed by atoms with Crippen LogP contribution in [0.15, 0.2) is 67.0 Å². The summed E-state index contributed by atoms with van der Waals surface area (Å²) in [7, 11) is 1.67. The summed E-state index contributed by atoms with van der Waals surface area (Å²) < 4.78 is 11.2. The maximum absolute atomic E-state index is 11.2. The number of nitrogens with zero attached hydrogens (tertiary/aromatic N) is 2. The lowest BCUT2D eigenvalue weighted by Gasteiger charge is -2.39. The number of hydrogen-bond donors (Lipinski definition) is 1. The van der Waals surface area contributed by atoms with Gasteiger partial charge in [0, 0.05) is 49.1 Å². The Hall–Kier alpha value is -3.38. The van der Waals surface area contributed by atoms with E-state index in [4.69, 9.17) is 15.2 Å². The number of aromatic nitrogens is 1. The SMILES string of the molecule is COc1ccccc1-c1ccc(OCC(N)=O)c(CN2CC(c3ccncc3)C2)c1. The zero-order chi connectivity index (χ0) is 20.9. The molecule has 30 heavy (non-hydrogen) atoms. The Morgan fingerprint density at radius 1 is 1.10 bits per heavy atom. The molecule has 2 N–H and O–H groups in total. The summed E-state index contributed by atoms with van der Waals surface area (Å²) in [5.74, 6) is 1.52. The molecule has 154 valence electrons. The topological polar surface area (TPSA) is 77.7 Å². The van der Waals surface area contributed by atoms with E-state index in [1.165, 1.54) is 5.56 Å². The molecule has 0 atom stereocenters. The predicted molar refractivity (Wildman–Crippen MR) is 115 cm³/mol. The lowest BCUT2D eigenvalue weighted by Crippen LogP contribution is -2.44. The van der Waals surface area contributed by atoms with Crippen LogP contribution >= 0.6 is 0 Å². The van der Waals surface area contributed by atoms with Gasteiger partial charge in [0.15, 0.2) is 6.61 Å².